The Hall–Kier alpha value is -1.30. The zero-order chi connectivity index (χ0) is 12.4. The first kappa shape index (κ1) is 12.2. The molecule has 0 aliphatic heterocycles. The van der Waals surface area contributed by atoms with Crippen molar-refractivity contribution in [2.24, 2.45) is 5.92 Å². The average Bonchev–Trinajstić information content (AvgIpc) is 2.29. The zero-order valence-corrected chi connectivity index (χ0v) is 10.8. The molecule has 0 bridgehead atoms. The van der Waals surface area contributed by atoms with Crippen LogP contribution in [0.25, 0.3) is 10.9 Å². The molecule has 0 N–H and O–H groups in total. The summed E-state index contributed by atoms with van der Waals surface area (Å²) in [5, 5.41) is 10.8. The highest BCUT2D eigenvalue weighted by atomic mass is 35.5. The van der Waals surface area contributed by atoms with E-state index in [-0.39, 0.29) is 5.92 Å². The van der Waals surface area contributed by atoms with Crippen LogP contribution >= 0.6 is 23.2 Å². The summed E-state index contributed by atoms with van der Waals surface area (Å²) in [5.41, 5.74) is 1.61. The lowest BCUT2D eigenvalue weighted by Crippen LogP contribution is -1.99. The fourth-order valence-corrected chi connectivity index (χ4v) is 2.22. The molecule has 17 heavy (non-hydrogen) atoms. The van der Waals surface area contributed by atoms with Crippen molar-refractivity contribution in [2.75, 3.05) is 0 Å². The Bertz CT molecular complexity index is 602. The van der Waals surface area contributed by atoms with Gasteiger partial charge in [0, 0.05) is 28.4 Å². The van der Waals surface area contributed by atoms with Crippen molar-refractivity contribution >= 4 is 34.1 Å². The predicted octanol–water partition coefficient (Wildman–Crippen LogP) is 4.24. The molecule has 0 amide bonds. The van der Waals surface area contributed by atoms with Gasteiger partial charge in [-0.05, 0) is 25.1 Å². The highest BCUT2D eigenvalue weighted by molar-refractivity contribution is 6.38. The van der Waals surface area contributed by atoms with E-state index in [0.717, 1.165) is 16.6 Å². The van der Waals surface area contributed by atoms with Crippen molar-refractivity contribution in [1.82, 2.24) is 4.98 Å². The number of hydrogen-bond acceptors (Lipinski definition) is 2. The summed E-state index contributed by atoms with van der Waals surface area (Å²) < 4.78 is 0. The SMILES string of the molecule is CC(C#N)Cc1ccc2cc(Cl)cc(Cl)c2n1. The molecule has 1 heterocycles. The zero-order valence-electron chi connectivity index (χ0n) is 9.24. The topological polar surface area (TPSA) is 36.7 Å². The number of hydrogen-bond donors (Lipinski definition) is 0. The van der Waals surface area contributed by atoms with Crippen LogP contribution in [-0.2, 0) is 6.42 Å². The molecule has 0 spiro atoms. The molecular formula is C13H10Cl2N2. The lowest BCUT2D eigenvalue weighted by molar-refractivity contribution is 0.724. The second-order valence-corrected chi connectivity index (χ2v) is 4.84. The smallest absolute Gasteiger partial charge is 0.0892 e. The molecule has 2 nitrogen and oxygen atoms in total. The summed E-state index contributed by atoms with van der Waals surface area (Å²) in [6.45, 7) is 1.87. The Morgan fingerprint density at radius 1 is 1.35 bits per heavy atom. The van der Waals surface area contributed by atoms with E-state index in [0.29, 0.717) is 16.5 Å². The van der Waals surface area contributed by atoms with Gasteiger partial charge < -0.3 is 0 Å². The third-order valence-electron chi connectivity index (χ3n) is 2.50. The van der Waals surface area contributed by atoms with E-state index in [1.165, 1.54) is 0 Å². The number of pyridine rings is 1. The first-order valence-corrected chi connectivity index (χ1v) is 6.00. The number of rotatable bonds is 2. The Morgan fingerprint density at radius 2 is 2.12 bits per heavy atom. The fraction of sp³-hybridized carbons (Fsp3) is 0.231. The lowest BCUT2D eigenvalue weighted by atomic mass is 10.1. The second-order valence-electron chi connectivity index (χ2n) is 4.00. The molecule has 4 heteroatoms. The van der Waals surface area contributed by atoms with Gasteiger partial charge in [0.15, 0.2) is 0 Å². The van der Waals surface area contributed by atoms with E-state index < -0.39 is 0 Å². The van der Waals surface area contributed by atoms with Crippen molar-refractivity contribution in [3.05, 3.63) is 40.0 Å². The van der Waals surface area contributed by atoms with Crippen LogP contribution < -0.4 is 0 Å². The maximum absolute atomic E-state index is 8.78. The molecule has 1 aromatic carbocycles. The number of nitriles is 1. The molecular weight excluding hydrogens is 255 g/mol. The molecule has 0 fully saturated rings. The summed E-state index contributed by atoms with van der Waals surface area (Å²) in [6, 6.07) is 9.53. The van der Waals surface area contributed by atoms with Crippen molar-refractivity contribution < 1.29 is 0 Å². The normalized spacial score (nSPS) is 12.4. The molecule has 0 saturated carbocycles. The molecule has 1 aromatic heterocycles. The molecule has 1 unspecified atom stereocenters. The van der Waals surface area contributed by atoms with Crippen LogP contribution in [0, 0.1) is 17.2 Å². The average molecular weight is 265 g/mol. The Kier molecular flexibility index (Phi) is 3.51. The van der Waals surface area contributed by atoms with Crippen LogP contribution in [0.15, 0.2) is 24.3 Å². The molecule has 2 aromatic rings. The van der Waals surface area contributed by atoms with Crippen LogP contribution in [0.4, 0.5) is 0 Å². The molecule has 0 aliphatic carbocycles. The van der Waals surface area contributed by atoms with Gasteiger partial charge in [0.2, 0.25) is 0 Å². The quantitative estimate of drug-likeness (QED) is 0.814. The van der Waals surface area contributed by atoms with Crippen LogP contribution in [0.5, 0.6) is 0 Å². The molecule has 86 valence electrons. The first-order valence-electron chi connectivity index (χ1n) is 5.24. The number of aromatic nitrogens is 1. The first-order chi connectivity index (χ1) is 8.10. The number of nitrogens with zero attached hydrogens (tertiary/aromatic N) is 2. The summed E-state index contributed by atoms with van der Waals surface area (Å²) in [4.78, 5) is 4.46. The van der Waals surface area contributed by atoms with Gasteiger partial charge >= 0.3 is 0 Å². The summed E-state index contributed by atoms with van der Waals surface area (Å²) in [6.07, 6.45) is 0.630. The van der Waals surface area contributed by atoms with Gasteiger partial charge in [0.05, 0.1) is 16.6 Å². The van der Waals surface area contributed by atoms with Gasteiger partial charge in [-0.3, -0.25) is 4.98 Å². The molecule has 0 aliphatic rings. The summed E-state index contributed by atoms with van der Waals surface area (Å²) >= 11 is 12.0. The van der Waals surface area contributed by atoms with Crippen molar-refractivity contribution in [3.63, 3.8) is 0 Å². The van der Waals surface area contributed by atoms with Gasteiger partial charge in [-0.1, -0.05) is 29.3 Å². The van der Waals surface area contributed by atoms with Gasteiger partial charge in [0.25, 0.3) is 0 Å². The van der Waals surface area contributed by atoms with E-state index in [1.807, 2.05) is 25.1 Å². The maximum atomic E-state index is 8.78. The Morgan fingerprint density at radius 3 is 2.82 bits per heavy atom. The standard InChI is InChI=1S/C13H10Cl2N2/c1-8(7-16)4-11-3-2-9-5-10(14)6-12(15)13(9)17-11/h2-3,5-6,8H,4H2,1H3. The molecule has 1 atom stereocenters. The van der Waals surface area contributed by atoms with Gasteiger partial charge in [0.1, 0.15) is 0 Å². The molecule has 2 rings (SSSR count). The van der Waals surface area contributed by atoms with Gasteiger partial charge in [-0.2, -0.15) is 5.26 Å². The predicted molar refractivity (Wildman–Crippen MR) is 70.2 cm³/mol. The second kappa shape index (κ2) is 4.91. The Balaban J connectivity index is 2.47. The van der Waals surface area contributed by atoms with Crippen molar-refractivity contribution in [3.8, 4) is 6.07 Å². The number of benzene rings is 1. The van der Waals surface area contributed by atoms with Crippen molar-refractivity contribution in [2.45, 2.75) is 13.3 Å². The number of fused-ring (bicyclic) bond motifs is 1. The minimum atomic E-state index is -0.0500. The monoisotopic (exact) mass is 264 g/mol. The summed E-state index contributed by atoms with van der Waals surface area (Å²) in [7, 11) is 0. The summed E-state index contributed by atoms with van der Waals surface area (Å²) in [5.74, 6) is -0.0500. The number of halogens is 2. The minimum absolute atomic E-state index is 0.0500. The lowest BCUT2D eigenvalue weighted by Gasteiger charge is -2.06. The van der Waals surface area contributed by atoms with Crippen molar-refractivity contribution in [1.29, 1.82) is 5.26 Å². The third-order valence-corrected chi connectivity index (χ3v) is 3.01. The van der Waals surface area contributed by atoms with Gasteiger partial charge in [-0.15, -0.1) is 0 Å². The minimum Gasteiger partial charge on any atom is -0.251 e. The van der Waals surface area contributed by atoms with E-state index in [4.69, 9.17) is 28.5 Å². The molecule has 0 saturated heterocycles. The maximum Gasteiger partial charge on any atom is 0.0892 e. The van der Waals surface area contributed by atoms with Crippen LogP contribution in [0.3, 0.4) is 0 Å². The van der Waals surface area contributed by atoms with E-state index >= 15 is 0 Å². The van der Waals surface area contributed by atoms with E-state index in [2.05, 4.69) is 11.1 Å². The molecule has 0 radical (unpaired) electrons. The highest BCUT2D eigenvalue weighted by Gasteiger charge is 2.07. The van der Waals surface area contributed by atoms with E-state index in [1.54, 1.807) is 6.07 Å². The van der Waals surface area contributed by atoms with Crippen LogP contribution in [0.2, 0.25) is 10.0 Å². The largest absolute Gasteiger partial charge is 0.251 e. The van der Waals surface area contributed by atoms with E-state index in [9.17, 15) is 0 Å². The Labute approximate surface area is 110 Å². The van der Waals surface area contributed by atoms with Gasteiger partial charge in [-0.25, -0.2) is 0 Å². The third kappa shape index (κ3) is 2.69. The van der Waals surface area contributed by atoms with Crippen LogP contribution in [-0.4, -0.2) is 4.98 Å². The fourth-order valence-electron chi connectivity index (χ4n) is 1.67. The van der Waals surface area contributed by atoms with Crippen LogP contribution in [0.1, 0.15) is 12.6 Å². The highest BCUT2D eigenvalue weighted by Crippen LogP contribution is 2.26.